The van der Waals surface area contributed by atoms with Crippen molar-refractivity contribution < 1.29 is 23.8 Å². The summed E-state index contributed by atoms with van der Waals surface area (Å²) in [5.74, 6) is 0.161. The number of esters is 1. The summed E-state index contributed by atoms with van der Waals surface area (Å²) in [6, 6.07) is 10.8. The second kappa shape index (κ2) is 10.6. The Labute approximate surface area is 177 Å². The van der Waals surface area contributed by atoms with E-state index in [0.717, 1.165) is 9.13 Å². The second-order valence-electron chi connectivity index (χ2n) is 5.64. The molecule has 148 valence electrons. The summed E-state index contributed by atoms with van der Waals surface area (Å²) in [7, 11) is 1.30. The molecule has 2 aromatic carbocycles. The summed E-state index contributed by atoms with van der Waals surface area (Å²) in [5, 5.41) is 4.02. The smallest absolute Gasteiger partial charge is 0.343 e. The SMILES string of the molecule is CCOc1cc(/C=N/NC(=O)c2ccccc2C)cc(I)c1OCC(=O)OC. The van der Waals surface area contributed by atoms with Gasteiger partial charge >= 0.3 is 5.97 Å². The maximum Gasteiger partial charge on any atom is 0.343 e. The lowest BCUT2D eigenvalue weighted by Gasteiger charge is -2.14. The number of rotatable bonds is 8. The molecule has 0 aliphatic heterocycles. The van der Waals surface area contributed by atoms with Crippen molar-refractivity contribution >= 4 is 40.7 Å². The zero-order chi connectivity index (χ0) is 20.5. The number of carbonyl (C=O) groups is 2. The molecule has 0 heterocycles. The maximum atomic E-state index is 12.2. The number of amides is 1. The van der Waals surface area contributed by atoms with Gasteiger partial charge in [0.15, 0.2) is 18.1 Å². The Morgan fingerprint density at radius 3 is 2.64 bits per heavy atom. The molecule has 1 amide bonds. The Morgan fingerprint density at radius 1 is 1.21 bits per heavy atom. The van der Waals surface area contributed by atoms with Gasteiger partial charge in [-0.05, 0) is 65.8 Å². The van der Waals surface area contributed by atoms with E-state index in [1.165, 1.54) is 13.3 Å². The van der Waals surface area contributed by atoms with Crippen LogP contribution in [0.2, 0.25) is 0 Å². The Hall–Kier alpha value is -2.62. The van der Waals surface area contributed by atoms with Crippen molar-refractivity contribution in [3.63, 3.8) is 0 Å². The highest BCUT2D eigenvalue weighted by molar-refractivity contribution is 14.1. The van der Waals surface area contributed by atoms with Gasteiger partial charge < -0.3 is 14.2 Å². The molecule has 0 aromatic heterocycles. The average Bonchev–Trinajstić information content (AvgIpc) is 2.67. The number of carbonyl (C=O) groups excluding carboxylic acids is 2. The van der Waals surface area contributed by atoms with Crippen molar-refractivity contribution in [2.24, 2.45) is 5.10 Å². The van der Waals surface area contributed by atoms with Gasteiger partial charge in [0.05, 0.1) is 23.5 Å². The highest BCUT2D eigenvalue weighted by atomic mass is 127. The first-order valence-corrected chi connectivity index (χ1v) is 9.59. The number of methoxy groups -OCH3 is 1. The Morgan fingerprint density at radius 2 is 1.96 bits per heavy atom. The lowest BCUT2D eigenvalue weighted by molar-refractivity contribution is -0.142. The average molecular weight is 496 g/mol. The van der Waals surface area contributed by atoms with Crippen molar-refractivity contribution in [2.45, 2.75) is 13.8 Å². The van der Waals surface area contributed by atoms with Gasteiger partial charge in [-0.3, -0.25) is 4.79 Å². The van der Waals surface area contributed by atoms with E-state index < -0.39 is 5.97 Å². The van der Waals surface area contributed by atoms with Gasteiger partial charge in [-0.1, -0.05) is 18.2 Å². The zero-order valence-electron chi connectivity index (χ0n) is 15.8. The molecule has 0 spiro atoms. The third-order valence-electron chi connectivity index (χ3n) is 3.66. The summed E-state index contributed by atoms with van der Waals surface area (Å²) < 4.78 is 16.4. The second-order valence-corrected chi connectivity index (χ2v) is 6.80. The van der Waals surface area contributed by atoms with Gasteiger partial charge in [-0.15, -0.1) is 0 Å². The molecule has 0 unspecified atom stereocenters. The van der Waals surface area contributed by atoms with Crippen LogP contribution in [0.5, 0.6) is 11.5 Å². The van der Waals surface area contributed by atoms with Crippen LogP contribution in [-0.4, -0.2) is 38.4 Å². The minimum absolute atomic E-state index is 0.216. The quantitative estimate of drug-likeness (QED) is 0.262. The standard InChI is InChI=1S/C20H21IN2O5/c1-4-27-17-10-14(9-16(21)19(17)28-12-18(24)26-3)11-22-23-20(25)15-8-6-5-7-13(15)2/h5-11H,4,12H2,1-3H3,(H,23,25)/b22-11+. The van der Waals surface area contributed by atoms with Gasteiger partial charge in [0.1, 0.15) is 0 Å². The monoisotopic (exact) mass is 496 g/mol. The van der Waals surface area contributed by atoms with Gasteiger partial charge in [-0.2, -0.15) is 5.10 Å². The van der Waals surface area contributed by atoms with Gasteiger partial charge in [0, 0.05) is 5.56 Å². The molecule has 0 saturated carbocycles. The van der Waals surface area contributed by atoms with Crippen LogP contribution in [-0.2, 0) is 9.53 Å². The summed E-state index contributed by atoms with van der Waals surface area (Å²) in [5.41, 5.74) is 4.66. The number of ether oxygens (including phenoxy) is 3. The molecule has 1 N–H and O–H groups in total. The normalized spacial score (nSPS) is 10.6. The van der Waals surface area contributed by atoms with Crippen molar-refractivity contribution in [3.05, 3.63) is 56.7 Å². The molecule has 7 nitrogen and oxygen atoms in total. The minimum atomic E-state index is -0.484. The number of nitrogens with one attached hydrogen (secondary N) is 1. The molecule has 28 heavy (non-hydrogen) atoms. The van der Waals surface area contributed by atoms with Gasteiger partial charge in [0.2, 0.25) is 0 Å². The van der Waals surface area contributed by atoms with Crippen LogP contribution in [0, 0.1) is 10.5 Å². The van der Waals surface area contributed by atoms with E-state index in [4.69, 9.17) is 9.47 Å². The fourth-order valence-corrected chi connectivity index (χ4v) is 3.09. The van der Waals surface area contributed by atoms with Crippen molar-refractivity contribution in [3.8, 4) is 11.5 Å². The third kappa shape index (κ3) is 5.95. The Kier molecular flexibility index (Phi) is 8.24. The maximum absolute atomic E-state index is 12.2. The molecular formula is C20H21IN2O5. The number of halogens is 1. The molecule has 0 bridgehead atoms. The van der Waals surface area contributed by atoms with E-state index >= 15 is 0 Å². The van der Waals surface area contributed by atoms with Crippen LogP contribution in [0.4, 0.5) is 0 Å². The topological polar surface area (TPSA) is 86.2 Å². The van der Waals surface area contributed by atoms with Crippen LogP contribution in [0.25, 0.3) is 0 Å². The number of hydrogen-bond acceptors (Lipinski definition) is 6. The molecule has 0 radical (unpaired) electrons. The van der Waals surface area contributed by atoms with Gasteiger partial charge in [0.25, 0.3) is 5.91 Å². The number of nitrogens with zero attached hydrogens (tertiary/aromatic N) is 1. The lowest BCUT2D eigenvalue weighted by atomic mass is 10.1. The minimum Gasteiger partial charge on any atom is -0.490 e. The van der Waals surface area contributed by atoms with E-state index in [9.17, 15) is 9.59 Å². The van der Waals surface area contributed by atoms with Crippen LogP contribution in [0.3, 0.4) is 0 Å². The molecule has 0 atom stereocenters. The van der Waals surface area contributed by atoms with Crippen molar-refractivity contribution in [1.82, 2.24) is 5.43 Å². The first-order valence-electron chi connectivity index (χ1n) is 8.51. The van der Waals surface area contributed by atoms with E-state index in [2.05, 4.69) is 37.9 Å². The van der Waals surface area contributed by atoms with Crippen LogP contribution < -0.4 is 14.9 Å². The molecule has 2 aromatic rings. The largest absolute Gasteiger partial charge is 0.490 e. The fourth-order valence-electron chi connectivity index (χ4n) is 2.31. The Balaban J connectivity index is 2.14. The fraction of sp³-hybridized carbons (Fsp3) is 0.250. The molecule has 8 heteroatoms. The van der Waals surface area contributed by atoms with E-state index in [-0.39, 0.29) is 12.5 Å². The number of hydrazone groups is 1. The lowest BCUT2D eigenvalue weighted by Crippen LogP contribution is -2.18. The van der Waals surface area contributed by atoms with E-state index in [1.54, 1.807) is 24.3 Å². The number of benzene rings is 2. The summed E-state index contributed by atoms with van der Waals surface area (Å²) in [6.07, 6.45) is 1.52. The summed E-state index contributed by atoms with van der Waals surface area (Å²) in [6.45, 7) is 3.92. The first-order chi connectivity index (χ1) is 13.5. The highest BCUT2D eigenvalue weighted by Gasteiger charge is 2.14. The van der Waals surface area contributed by atoms with Crippen LogP contribution >= 0.6 is 22.6 Å². The van der Waals surface area contributed by atoms with E-state index in [1.807, 2.05) is 26.0 Å². The van der Waals surface area contributed by atoms with Crippen LogP contribution in [0.15, 0.2) is 41.5 Å². The van der Waals surface area contributed by atoms with Gasteiger partial charge in [-0.25, -0.2) is 10.2 Å². The highest BCUT2D eigenvalue weighted by Crippen LogP contribution is 2.34. The first kappa shape index (κ1) is 21.7. The molecule has 0 fully saturated rings. The van der Waals surface area contributed by atoms with Crippen molar-refractivity contribution in [2.75, 3.05) is 20.3 Å². The molecule has 0 saturated heterocycles. The zero-order valence-corrected chi connectivity index (χ0v) is 18.0. The Bertz CT molecular complexity index is 883. The predicted octanol–water partition coefficient (Wildman–Crippen LogP) is 3.31. The number of hydrogen-bond donors (Lipinski definition) is 1. The van der Waals surface area contributed by atoms with E-state index in [0.29, 0.717) is 29.2 Å². The predicted molar refractivity (Wildman–Crippen MR) is 114 cm³/mol. The molecular weight excluding hydrogens is 475 g/mol. The molecule has 0 aliphatic carbocycles. The van der Waals surface area contributed by atoms with Crippen LogP contribution in [0.1, 0.15) is 28.4 Å². The van der Waals surface area contributed by atoms with Crippen molar-refractivity contribution in [1.29, 1.82) is 0 Å². The third-order valence-corrected chi connectivity index (χ3v) is 4.46. The summed E-state index contributed by atoms with van der Waals surface area (Å²) >= 11 is 2.08. The molecule has 0 aliphatic rings. The molecule has 2 rings (SSSR count). The number of aryl methyl sites for hydroxylation is 1. The summed E-state index contributed by atoms with van der Waals surface area (Å²) in [4.78, 5) is 23.5.